The summed E-state index contributed by atoms with van der Waals surface area (Å²) in [6, 6.07) is 4.84. The van der Waals surface area contributed by atoms with Gasteiger partial charge in [0.05, 0.1) is 13.0 Å². The maximum Gasteiger partial charge on any atom is 0.408 e. The second-order valence-corrected chi connectivity index (χ2v) is 9.23. The Kier molecular flexibility index (Phi) is 12.5. The molecule has 198 valence electrons. The first-order chi connectivity index (χ1) is 16.9. The zero-order chi connectivity index (χ0) is 27.3. The zero-order valence-electron chi connectivity index (χ0n) is 22.2. The van der Waals surface area contributed by atoms with E-state index in [1.165, 1.54) is 11.8 Å². The molecule has 9 nitrogen and oxygen atoms in total. The number of ether oxygens (including phenoxy) is 2. The molecule has 1 aromatic carbocycles. The third-order valence-corrected chi connectivity index (χ3v) is 5.04. The number of benzene rings is 1. The minimum atomic E-state index is -1.07. The highest BCUT2D eigenvalue weighted by Crippen LogP contribution is 2.26. The maximum atomic E-state index is 13.6. The van der Waals surface area contributed by atoms with E-state index in [0.29, 0.717) is 17.5 Å². The van der Waals surface area contributed by atoms with Crippen LogP contribution in [0.15, 0.2) is 24.3 Å². The van der Waals surface area contributed by atoms with Gasteiger partial charge in [0.15, 0.2) is 0 Å². The van der Waals surface area contributed by atoms with Gasteiger partial charge >= 0.3 is 12.1 Å². The molecular weight excluding hydrogens is 462 g/mol. The monoisotopic (exact) mass is 501 g/mol. The van der Waals surface area contributed by atoms with Gasteiger partial charge in [-0.05, 0) is 52.7 Å². The van der Waals surface area contributed by atoms with Crippen LogP contribution >= 0.6 is 0 Å². The molecule has 2 unspecified atom stereocenters. The quantitative estimate of drug-likeness (QED) is 0.336. The van der Waals surface area contributed by atoms with Crippen molar-refractivity contribution < 1.29 is 28.7 Å². The second kappa shape index (κ2) is 14.8. The number of unbranched alkanes of at least 4 members (excludes halogenated alkanes) is 1. The molecule has 9 heteroatoms. The molecule has 3 amide bonds. The van der Waals surface area contributed by atoms with E-state index in [1.54, 1.807) is 52.0 Å². The summed E-state index contributed by atoms with van der Waals surface area (Å²) < 4.78 is 10.2. The Morgan fingerprint density at radius 1 is 1.14 bits per heavy atom. The van der Waals surface area contributed by atoms with Crippen molar-refractivity contribution in [3.05, 3.63) is 35.4 Å². The van der Waals surface area contributed by atoms with Crippen LogP contribution < -0.4 is 10.6 Å². The largest absolute Gasteiger partial charge is 0.466 e. The SMILES string of the molecule is C#Cc1ccccc1C(C(=O)NCCC(=O)OCC)N(CCCC)C(=O)C(C)NC(=O)OC(C)(C)C. The lowest BCUT2D eigenvalue weighted by Gasteiger charge is -2.34. The average molecular weight is 502 g/mol. The molecule has 0 radical (unpaired) electrons. The van der Waals surface area contributed by atoms with Crippen LogP contribution in [-0.2, 0) is 23.9 Å². The minimum Gasteiger partial charge on any atom is -0.466 e. The van der Waals surface area contributed by atoms with Crippen LogP contribution in [0.3, 0.4) is 0 Å². The predicted molar refractivity (Wildman–Crippen MR) is 137 cm³/mol. The standard InChI is InChI=1S/C27H39N3O6/c1-8-11-18-30(25(33)19(4)29-26(34)36-27(5,6)7)23(21-15-13-12-14-20(21)9-2)24(32)28-17-16-22(31)35-10-3/h2,12-15,19,23H,8,10-11,16-18H2,1,3-7H3,(H,28,32)(H,29,34). The Balaban J connectivity index is 3.30. The fourth-order valence-electron chi connectivity index (χ4n) is 3.42. The normalized spacial score (nSPS) is 12.5. The number of rotatable bonds is 12. The van der Waals surface area contributed by atoms with Gasteiger partial charge in [-0.1, -0.05) is 37.5 Å². The van der Waals surface area contributed by atoms with Crippen molar-refractivity contribution in [1.82, 2.24) is 15.5 Å². The highest BCUT2D eigenvalue weighted by Gasteiger charge is 2.35. The molecule has 0 aliphatic carbocycles. The van der Waals surface area contributed by atoms with Gasteiger partial charge in [0.2, 0.25) is 11.8 Å². The summed E-state index contributed by atoms with van der Waals surface area (Å²) in [7, 11) is 0. The van der Waals surface area contributed by atoms with E-state index in [-0.39, 0.29) is 26.1 Å². The lowest BCUT2D eigenvalue weighted by Crippen LogP contribution is -2.52. The van der Waals surface area contributed by atoms with Crippen molar-refractivity contribution in [3.8, 4) is 12.3 Å². The number of terminal acetylenes is 1. The first-order valence-corrected chi connectivity index (χ1v) is 12.2. The number of amides is 3. The van der Waals surface area contributed by atoms with Gasteiger partial charge in [-0.3, -0.25) is 14.4 Å². The predicted octanol–water partition coefficient (Wildman–Crippen LogP) is 3.32. The zero-order valence-corrected chi connectivity index (χ0v) is 22.2. The molecule has 0 fully saturated rings. The smallest absolute Gasteiger partial charge is 0.408 e. The Labute approximate surface area is 214 Å². The van der Waals surface area contributed by atoms with Crippen LogP contribution in [0.25, 0.3) is 0 Å². The molecule has 1 rings (SSSR count). The van der Waals surface area contributed by atoms with E-state index < -0.39 is 41.6 Å². The fourth-order valence-corrected chi connectivity index (χ4v) is 3.42. The van der Waals surface area contributed by atoms with E-state index >= 15 is 0 Å². The maximum absolute atomic E-state index is 13.6. The molecule has 2 atom stereocenters. The number of hydrogen-bond acceptors (Lipinski definition) is 6. The van der Waals surface area contributed by atoms with E-state index in [0.717, 1.165) is 6.42 Å². The summed E-state index contributed by atoms with van der Waals surface area (Å²) in [6.45, 7) is 10.9. The van der Waals surface area contributed by atoms with Gasteiger partial charge in [0.1, 0.15) is 17.7 Å². The molecule has 0 aromatic heterocycles. The Morgan fingerprint density at radius 3 is 2.39 bits per heavy atom. The third-order valence-electron chi connectivity index (χ3n) is 5.04. The van der Waals surface area contributed by atoms with E-state index in [1.807, 2.05) is 6.92 Å². The van der Waals surface area contributed by atoms with E-state index in [9.17, 15) is 19.2 Å². The Bertz CT molecular complexity index is 948. The third kappa shape index (κ3) is 9.98. The van der Waals surface area contributed by atoms with Crippen molar-refractivity contribution in [2.24, 2.45) is 0 Å². The summed E-state index contributed by atoms with van der Waals surface area (Å²) in [5.41, 5.74) is 0.203. The Hall–Kier alpha value is -3.54. The van der Waals surface area contributed by atoms with Crippen LogP contribution in [-0.4, -0.2) is 60.1 Å². The van der Waals surface area contributed by atoms with Gasteiger partial charge < -0.3 is 25.0 Å². The Morgan fingerprint density at radius 2 is 1.81 bits per heavy atom. The molecule has 2 N–H and O–H groups in total. The molecule has 0 aliphatic heterocycles. The number of nitrogens with zero attached hydrogens (tertiary/aromatic N) is 1. The molecule has 0 aliphatic rings. The molecule has 0 heterocycles. The highest BCUT2D eigenvalue weighted by molar-refractivity contribution is 5.92. The number of carbonyl (C=O) groups is 4. The molecule has 0 saturated heterocycles. The molecular formula is C27H39N3O6. The molecule has 0 bridgehead atoms. The van der Waals surface area contributed by atoms with Crippen molar-refractivity contribution in [1.29, 1.82) is 0 Å². The molecule has 1 aromatic rings. The van der Waals surface area contributed by atoms with Crippen molar-refractivity contribution >= 4 is 23.9 Å². The average Bonchev–Trinajstić information content (AvgIpc) is 2.80. The summed E-state index contributed by atoms with van der Waals surface area (Å²) in [4.78, 5) is 52.5. The first kappa shape index (κ1) is 30.5. The van der Waals surface area contributed by atoms with E-state index in [2.05, 4.69) is 16.6 Å². The number of alkyl carbamates (subject to hydrolysis) is 1. The number of nitrogens with one attached hydrogen (secondary N) is 2. The number of hydrogen-bond donors (Lipinski definition) is 2. The van der Waals surface area contributed by atoms with Gasteiger partial charge in [0.25, 0.3) is 0 Å². The summed E-state index contributed by atoms with van der Waals surface area (Å²) in [5, 5.41) is 5.28. The van der Waals surface area contributed by atoms with Crippen LogP contribution in [0, 0.1) is 12.3 Å². The first-order valence-electron chi connectivity index (χ1n) is 12.2. The minimum absolute atomic E-state index is 0.0113. The van der Waals surface area contributed by atoms with Crippen LogP contribution in [0.5, 0.6) is 0 Å². The van der Waals surface area contributed by atoms with Crippen LogP contribution in [0.2, 0.25) is 0 Å². The fraction of sp³-hybridized carbons (Fsp3) is 0.556. The highest BCUT2D eigenvalue weighted by atomic mass is 16.6. The molecule has 36 heavy (non-hydrogen) atoms. The van der Waals surface area contributed by atoms with Crippen molar-refractivity contribution in [2.45, 2.75) is 78.5 Å². The summed E-state index contributed by atoms with van der Waals surface area (Å²) in [5.74, 6) is 1.18. The molecule has 0 saturated carbocycles. The van der Waals surface area contributed by atoms with E-state index in [4.69, 9.17) is 15.9 Å². The summed E-state index contributed by atoms with van der Waals surface area (Å²) >= 11 is 0. The number of carbonyl (C=O) groups excluding carboxylic acids is 4. The van der Waals surface area contributed by atoms with Crippen molar-refractivity contribution in [3.63, 3.8) is 0 Å². The van der Waals surface area contributed by atoms with Crippen molar-refractivity contribution in [2.75, 3.05) is 19.7 Å². The van der Waals surface area contributed by atoms with Gasteiger partial charge in [-0.25, -0.2) is 4.79 Å². The number of esters is 1. The van der Waals surface area contributed by atoms with Gasteiger partial charge in [-0.2, -0.15) is 0 Å². The summed E-state index contributed by atoms with van der Waals surface area (Å²) in [6.07, 6.45) is 6.34. The van der Waals surface area contributed by atoms with Crippen LogP contribution in [0.1, 0.15) is 78.0 Å². The topological polar surface area (TPSA) is 114 Å². The second-order valence-electron chi connectivity index (χ2n) is 9.23. The van der Waals surface area contributed by atoms with Gasteiger partial charge in [0, 0.05) is 18.7 Å². The van der Waals surface area contributed by atoms with Gasteiger partial charge in [-0.15, -0.1) is 6.42 Å². The van der Waals surface area contributed by atoms with Crippen LogP contribution in [0.4, 0.5) is 4.79 Å². The lowest BCUT2D eigenvalue weighted by atomic mass is 9.97. The lowest BCUT2D eigenvalue weighted by molar-refractivity contribution is -0.144. The molecule has 0 spiro atoms.